The van der Waals surface area contributed by atoms with Gasteiger partial charge in [0.1, 0.15) is 17.9 Å². The molecule has 0 aliphatic rings. The number of ether oxygens (including phenoxy) is 1. The lowest BCUT2D eigenvalue weighted by Crippen LogP contribution is -2.18. The summed E-state index contributed by atoms with van der Waals surface area (Å²) < 4.78 is 5.56. The highest BCUT2D eigenvalue weighted by atomic mass is 16.5. The monoisotopic (exact) mass is 322 g/mol. The van der Waals surface area contributed by atoms with Crippen LogP contribution in [0.5, 0.6) is 5.75 Å². The molecule has 0 spiro atoms. The predicted molar refractivity (Wildman–Crippen MR) is 96.5 cm³/mol. The number of pyridine rings is 1. The first kappa shape index (κ1) is 17.6. The molecule has 1 N–H and O–H groups in total. The third-order valence-corrected chi connectivity index (χ3v) is 3.81. The minimum Gasteiger partial charge on any atom is -0.480 e. The van der Waals surface area contributed by atoms with Gasteiger partial charge in [0.05, 0.1) is 5.69 Å². The molecule has 0 unspecified atom stereocenters. The van der Waals surface area contributed by atoms with Gasteiger partial charge in [0.15, 0.2) is 0 Å². The fourth-order valence-corrected chi connectivity index (χ4v) is 2.68. The average Bonchev–Trinajstić information content (AvgIpc) is 2.54. The molecule has 4 heteroatoms. The number of nitrogens with zero attached hydrogens (tertiary/aromatic N) is 1. The summed E-state index contributed by atoms with van der Waals surface area (Å²) in [5, 5.41) is 3.01. The highest BCUT2D eigenvalue weighted by Crippen LogP contribution is 2.26. The zero-order valence-electron chi connectivity index (χ0n) is 14.6. The molecule has 2 rings (SSSR count). The number of aromatic nitrogens is 1. The minimum absolute atomic E-state index is 0.105. The summed E-state index contributed by atoms with van der Waals surface area (Å²) in [7, 11) is 0. The number of hydrogen-bond donors (Lipinski definition) is 1. The van der Waals surface area contributed by atoms with E-state index < -0.39 is 0 Å². The van der Waals surface area contributed by atoms with Crippen molar-refractivity contribution in [3.05, 3.63) is 52.3 Å². The molecule has 0 atom stereocenters. The molecule has 0 aliphatic heterocycles. The lowest BCUT2D eigenvalue weighted by atomic mass is 10.0. The number of hydrogen-bond acceptors (Lipinski definition) is 3. The lowest BCUT2D eigenvalue weighted by Gasteiger charge is -2.16. The van der Waals surface area contributed by atoms with Crippen molar-refractivity contribution in [1.29, 1.82) is 0 Å². The van der Waals surface area contributed by atoms with Gasteiger partial charge in [-0.05, 0) is 38.3 Å². The Bertz CT molecular complexity index is 804. The number of aryl methyl sites for hydroxylation is 4. The topological polar surface area (TPSA) is 51.2 Å². The second kappa shape index (κ2) is 7.65. The molecule has 0 aliphatic carbocycles. The van der Waals surface area contributed by atoms with E-state index in [0.717, 1.165) is 28.9 Å². The first-order valence-corrected chi connectivity index (χ1v) is 7.92. The number of para-hydroxylation sites is 1. The molecule has 2 aromatic rings. The maximum atomic E-state index is 12.9. The van der Waals surface area contributed by atoms with E-state index in [2.05, 4.69) is 23.1 Å². The smallest absolute Gasteiger partial charge is 0.261 e. The van der Waals surface area contributed by atoms with Gasteiger partial charge < -0.3 is 10.1 Å². The summed E-state index contributed by atoms with van der Waals surface area (Å²) >= 11 is 0. The molecule has 0 bridgehead atoms. The van der Waals surface area contributed by atoms with Gasteiger partial charge in [-0.25, -0.2) is 0 Å². The van der Waals surface area contributed by atoms with Crippen molar-refractivity contribution in [3.63, 3.8) is 0 Å². The molecule has 1 heterocycles. The lowest BCUT2D eigenvalue weighted by molar-refractivity contribution is 0.102. The van der Waals surface area contributed by atoms with Crippen LogP contribution in [0.3, 0.4) is 0 Å². The molecule has 0 saturated carbocycles. The Morgan fingerprint density at radius 1 is 1.33 bits per heavy atom. The van der Waals surface area contributed by atoms with Crippen molar-refractivity contribution in [2.75, 3.05) is 11.9 Å². The van der Waals surface area contributed by atoms with Crippen LogP contribution in [-0.2, 0) is 6.42 Å². The fraction of sp³-hybridized carbons (Fsp3) is 0.300. The number of benzene rings is 1. The van der Waals surface area contributed by atoms with E-state index in [1.807, 2.05) is 32.0 Å². The van der Waals surface area contributed by atoms with Crippen LogP contribution in [0.25, 0.3) is 0 Å². The van der Waals surface area contributed by atoms with Crippen LogP contribution >= 0.6 is 0 Å². The van der Waals surface area contributed by atoms with Gasteiger partial charge in [-0.2, -0.15) is 0 Å². The first-order chi connectivity index (χ1) is 11.5. The summed E-state index contributed by atoms with van der Waals surface area (Å²) in [4.78, 5) is 17.2. The Morgan fingerprint density at radius 3 is 2.75 bits per heavy atom. The van der Waals surface area contributed by atoms with Crippen molar-refractivity contribution in [1.82, 2.24) is 4.98 Å². The third kappa shape index (κ3) is 3.75. The van der Waals surface area contributed by atoms with E-state index in [9.17, 15) is 4.79 Å². The Morgan fingerprint density at radius 2 is 2.08 bits per heavy atom. The quantitative estimate of drug-likeness (QED) is 0.851. The van der Waals surface area contributed by atoms with Gasteiger partial charge in [-0.3, -0.25) is 9.78 Å². The van der Waals surface area contributed by atoms with E-state index in [4.69, 9.17) is 11.2 Å². The van der Waals surface area contributed by atoms with Crippen molar-refractivity contribution in [2.24, 2.45) is 0 Å². The van der Waals surface area contributed by atoms with Crippen molar-refractivity contribution in [2.45, 2.75) is 34.1 Å². The summed E-state index contributed by atoms with van der Waals surface area (Å²) in [6.07, 6.45) is 6.10. The second-order valence-electron chi connectivity index (χ2n) is 5.63. The molecule has 24 heavy (non-hydrogen) atoms. The third-order valence-electron chi connectivity index (χ3n) is 3.81. The van der Waals surface area contributed by atoms with Gasteiger partial charge in [-0.15, -0.1) is 6.42 Å². The van der Waals surface area contributed by atoms with Crippen molar-refractivity contribution >= 4 is 11.6 Å². The Hall–Kier alpha value is -2.80. The maximum absolute atomic E-state index is 12.9. The van der Waals surface area contributed by atoms with Crippen LogP contribution in [0.4, 0.5) is 5.69 Å². The zero-order valence-corrected chi connectivity index (χ0v) is 14.6. The largest absolute Gasteiger partial charge is 0.480 e. The maximum Gasteiger partial charge on any atom is 0.261 e. The molecule has 0 saturated heterocycles. The number of terminal acetylenes is 1. The number of rotatable bonds is 5. The van der Waals surface area contributed by atoms with E-state index in [0.29, 0.717) is 17.0 Å². The Kier molecular flexibility index (Phi) is 5.59. The summed E-state index contributed by atoms with van der Waals surface area (Å²) in [5.74, 6) is 2.64. The number of amides is 1. The van der Waals surface area contributed by atoms with Crippen LogP contribution in [0.1, 0.15) is 39.8 Å². The molecule has 0 fully saturated rings. The van der Waals surface area contributed by atoms with Gasteiger partial charge in [0.2, 0.25) is 0 Å². The SMILES string of the molecule is C#CCOc1cc(C)nc(C)c1C(=O)Nc1c(C)cccc1CC. The van der Waals surface area contributed by atoms with Crippen LogP contribution in [0.15, 0.2) is 24.3 Å². The zero-order chi connectivity index (χ0) is 17.7. The van der Waals surface area contributed by atoms with E-state index >= 15 is 0 Å². The highest BCUT2D eigenvalue weighted by molar-refractivity contribution is 6.07. The van der Waals surface area contributed by atoms with Gasteiger partial charge >= 0.3 is 0 Å². The minimum atomic E-state index is -0.240. The molecule has 1 aromatic heterocycles. The van der Waals surface area contributed by atoms with Crippen LogP contribution in [-0.4, -0.2) is 17.5 Å². The standard InChI is InChI=1S/C20H22N2O2/c1-6-11-24-17-12-14(4)21-15(5)18(17)20(23)22-19-13(3)9-8-10-16(19)7-2/h1,8-10,12H,7,11H2,2-5H3,(H,22,23). The average molecular weight is 322 g/mol. The molecule has 0 radical (unpaired) electrons. The molecule has 4 nitrogen and oxygen atoms in total. The highest BCUT2D eigenvalue weighted by Gasteiger charge is 2.19. The van der Waals surface area contributed by atoms with Gasteiger partial charge in [0.25, 0.3) is 5.91 Å². The van der Waals surface area contributed by atoms with Gasteiger partial charge in [-0.1, -0.05) is 31.0 Å². The Balaban J connectivity index is 2.42. The normalized spacial score (nSPS) is 10.1. The number of carbonyl (C=O) groups excluding carboxylic acids is 1. The van der Waals surface area contributed by atoms with E-state index in [1.54, 1.807) is 13.0 Å². The van der Waals surface area contributed by atoms with Crippen LogP contribution < -0.4 is 10.1 Å². The fourth-order valence-electron chi connectivity index (χ4n) is 2.68. The molecule has 1 aromatic carbocycles. The summed E-state index contributed by atoms with van der Waals surface area (Å²) in [6.45, 7) is 7.79. The first-order valence-electron chi connectivity index (χ1n) is 7.92. The summed E-state index contributed by atoms with van der Waals surface area (Å²) in [6, 6.07) is 7.71. The number of carbonyl (C=O) groups is 1. The van der Waals surface area contributed by atoms with Crippen molar-refractivity contribution < 1.29 is 9.53 Å². The molecular formula is C20H22N2O2. The van der Waals surface area contributed by atoms with E-state index in [-0.39, 0.29) is 12.5 Å². The van der Waals surface area contributed by atoms with Crippen molar-refractivity contribution in [3.8, 4) is 18.1 Å². The molecule has 1 amide bonds. The number of nitrogens with one attached hydrogen (secondary N) is 1. The summed E-state index contributed by atoms with van der Waals surface area (Å²) in [5.41, 5.74) is 4.76. The van der Waals surface area contributed by atoms with Crippen LogP contribution in [0.2, 0.25) is 0 Å². The molecular weight excluding hydrogens is 300 g/mol. The predicted octanol–water partition coefficient (Wildman–Crippen LogP) is 3.83. The molecule has 124 valence electrons. The van der Waals surface area contributed by atoms with Gasteiger partial charge in [0, 0.05) is 17.4 Å². The van der Waals surface area contributed by atoms with Crippen LogP contribution in [0, 0.1) is 33.1 Å². The second-order valence-corrected chi connectivity index (χ2v) is 5.63. The Labute approximate surface area is 143 Å². The number of anilines is 1. The van der Waals surface area contributed by atoms with E-state index in [1.165, 1.54) is 0 Å².